The molecule has 1 heterocycles. The van der Waals surface area contributed by atoms with Gasteiger partial charge in [0, 0.05) is 11.1 Å². The molecule has 1 unspecified atom stereocenters. The zero-order valence-corrected chi connectivity index (χ0v) is 12.6. The number of benzene rings is 1. The van der Waals surface area contributed by atoms with E-state index in [1.54, 1.807) is 11.3 Å². The van der Waals surface area contributed by atoms with Crippen LogP contribution in [-0.2, 0) is 6.42 Å². The maximum atomic E-state index is 6.20. The van der Waals surface area contributed by atoms with Crippen molar-refractivity contribution < 1.29 is 0 Å². The maximum Gasteiger partial charge on any atom is 0.0701 e. The van der Waals surface area contributed by atoms with E-state index in [1.165, 1.54) is 5.56 Å². The van der Waals surface area contributed by atoms with Gasteiger partial charge in [-0.25, -0.2) is 0 Å². The number of nitrogens with two attached hydrogens (primary N) is 1. The summed E-state index contributed by atoms with van der Waals surface area (Å²) in [4.78, 5) is 0. The lowest BCUT2D eigenvalue weighted by Gasteiger charge is -2.11. The number of hydrogen-bond donors (Lipinski definition) is 1. The summed E-state index contributed by atoms with van der Waals surface area (Å²) in [6, 6.07) is 8.17. The second kappa shape index (κ2) is 5.53. The van der Waals surface area contributed by atoms with Crippen molar-refractivity contribution in [3.05, 3.63) is 55.1 Å². The number of halogens is 2. The highest BCUT2D eigenvalue weighted by Gasteiger charge is 2.11. The molecule has 0 fully saturated rings. The highest BCUT2D eigenvalue weighted by molar-refractivity contribution is 9.11. The van der Waals surface area contributed by atoms with Crippen molar-refractivity contribution in [3.63, 3.8) is 0 Å². The van der Waals surface area contributed by atoms with Crippen molar-refractivity contribution in [2.24, 2.45) is 5.73 Å². The first-order valence-electron chi connectivity index (χ1n) is 5.31. The second-order valence-corrected chi connectivity index (χ2v) is 6.79. The van der Waals surface area contributed by atoms with Crippen LogP contribution < -0.4 is 5.73 Å². The molecule has 0 saturated heterocycles. The summed E-state index contributed by atoms with van der Waals surface area (Å²) in [6.07, 6.45) is 0.766. The van der Waals surface area contributed by atoms with Gasteiger partial charge in [0.25, 0.3) is 0 Å². The molecule has 2 aromatic rings. The van der Waals surface area contributed by atoms with Crippen LogP contribution in [0.3, 0.4) is 0 Å². The van der Waals surface area contributed by atoms with E-state index in [0.717, 1.165) is 26.4 Å². The molecule has 90 valence electrons. The average Bonchev–Trinajstić information content (AvgIpc) is 2.69. The summed E-state index contributed by atoms with van der Waals surface area (Å²) in [5.41, 5.74) is 9.60. The van der Waals surface area contributed by atoms with Gasteiger partial charge in [0.2, 0.25) is 0 Å². The van der Waals surface area contributed by atoms with E-state index in [4.69, 9.17) is 17.3 Å². The molecule has 0 saturated carbocycles. The molecule has 1 aromatic heterocycles. The van der Waals surface area contributed by atoms with E-state index < -0.39 is 0 Å². The van der Waals surface area contributed by atoms with Gasteiger partial charge in [-0.3, -0.25) is 0 Å². The Balaban J connectivity index is 2.15. The zero-order valence-electron chi connectivity index (χ0n) is 9.41. The first kappa shape index (κ1) is 13.1. The quantitative estimate of drug-likeness (QED) is 0.866. The van der Waals surface area contributed by atoms with E-state index in [0.29, 0.717) is 0 Å². The molecular weight excluding hydrogens is 318 g/mol. The lowest BCUT2D eigenvalue weighted by Crippen LogP contribution is -2.12. The van der Waals surface area contributed by atoms with Crippen LogP contribution in [0.1, 0.15) is 22.7 Å². The monoisotopic (exact) mass is 329 g/mol. The van der Waals surface area contributed by atoms with Crippen LogP contribution in [0.4, 0.5) is 0 Å². The number of hydrogen-bond acceptors (Lipinski definition) is 2. The smallest absolute Gasteiger partial charge is 0.0701 e. The van der Waals surface area contributed by atoms with Crippen LogP contribution in [0.15, 0.2) is 33.4 Å². The second-order valence-electron chi connectivity index (χ2n) is 4.09. The SMILES string of the molecule is Cc1ccc(CC(N)c2csc(Br)c2)c(Cl)c1. The van der Waals surface area contributed by atoms with E-state index >= 15 is 0 Å². The van der Waals surface area contributed by atoms with E-state index in [9.17, 15) is 0 Å². The largest absolute Gasteiger partial charge is 0.324 e. The maximum absolute atomic E-state index is 6.20. The lowest BCUT2D eigenvalue weighted by atomic mass is 10.0. The van der Waals surface area contributed by atoms with Crippen molar-refractivity contribution in [2.45, 2.75) is 19.4 Å². The van der Waals surface area contributed by atoms with Crippen molar-refractivity contribution in [3.8, 4) is 0 Å². The molecule has 17 heavy (non-hydrogen) atoms. The van der Waals surface area contributed by atoms with Crippen LogP contribution in [0.2, 0.25) is 5.02 Å². The molecule has 1 atom stereocenters. The van der Waals surface area contributed by atoms with Crippen LogP contribution in [0.5, 0.6) is 0 Å². The number of rotatable bonds is 3. The van der Waals surface area contributed by atoms with E-state index in [1.807, 2.05) is 13.0 Å². The molecule has 0 aliphatic rings. The first-order chi connectivity index (χ1) is 8.06. The predicted molar refractivity (Wildman–Crippen MR) is 78.8 cm³/mol. The molecule has 0 amide bonds. The van der Waals surface area contributed by atoms with Gasteiger partial charge in [-0.05, 0) is 63.5 Å². The highest BCUT2D eigenvalue weighted by atomic mass is 79.9. The molecule has 2 N–H and O–H groups in total. The molecule has 1 nitrogen and oxygen atoms in total. The summed E-state index contributed by atoms with van der Waals surface area (Å²) in [7, 11) is 0. The Hall–Kier alpha value is -0.350. The van der Waals surface area contributed by atoms with Crippen LogP contribution in [-0.4, -0.2) is 0 Å². The summed E-state index contributed by atoms with van der Waals surface area (Å²) in [5.74, 6) is 0. The van der Waals surface area contributed by atoms with Gasteiger partial charge in [0.15, 0.2) is 0 Å². The third-order valence-corrected chi connectivity index (χ3v) is 4.54. The molecule has 0 bridgehead atoms. The van der Waals surface area contributed by atoms with Crippen LogP contribution in [0.25, 0.3) is 0 Å². The van der Waals surface area contributed by atoms with Gasteiger partial charge < -0.3 is 5.73 Å². The Morgan fingerprint density at radius 1 is 1.41 bits per heavy atom. The minimum atomic E-state index is -0.00208. The predicted octanol–water partition coefficient (Wildman–Crippen LogP) is 4.71. The molecule has 0 radical (unpaired) electrons. The summed E-state index contributed by atoms with van der Waals surface area (Å²) >= 11 is 11.3. The summed E-state index contributed by atoms with van der Waals surface area (Å²) in [5, 5.41) is 2.88. The first-order valence-corrected chi connectivity index (χ1v) is 7.36. The van der Waals surface area contributed by atoms with E-state index in [-0.39, 0.29) is 6.04 Å². The Morgan fingerprint density at radius 2 is 2.18 bits per heavy atom. The van der Waals surface area contributed by atoms with Crippen LogP contribution in [0, 0.1) is 6.92 Å². The number of thiophene rings is 1. The molecule has 0 aliphatic heterocycles. The molecule has 1 aromatic carbocycles. The van der Waals surface area contributed by atoms with Crippen molar-refractivity contribution in [2.75, 3.05) is 0 Å². The van der Waals surface area contributed by atoms with Gasteiger partial charge in [0.05, 0.1) is 3.79 Å². The van der Waals surface area contributed by atoms with E-state index in [2.05, 4.69) is 39.5 Å². The fourth-order valence-electron chi connectivity index (χ4n) is 1.69. The fraction of sp³-hybridized carbons (Fsp3) is 0.231. The molecule has 0 spiro atoms. The summed E-state index contributed by atoms with van der Waals surface area (Å²) in [6.45, 7) is 2.03. The Morgan fingerprint density at radius 3 is 2.76 bits per heavy atom. The van der Waals surface area contributed by atoms with Gasteiger partial charge in [-0.1, -0.05) is 23.7 Å². The fourth-order valence-corrected chi connectivity index (χ4v) is 3.24. The normalized spacial score (nSPS) is 12.7. The minimum absolute atomic E-state index is 0.00208. The Labute approximate surface area is 119 Å². The number of aryl methyl sites for hydroxylation is 1. The third-order valence-electron chi connectivity index (χ3n) is 2.66. The van der Waals surface area contributed by atoms with Gasteiger partial charge in [-0.15, -0.1) is 11.3 Å². The van der Waals surface area contributed by atoms with Crippen molar-refractivity contribution >= 4 is 38.9 Å². The highest BCUT2D eigenvalue weighted by Crippen LogP contribution is 2.28. The molecule has 2 rings (SSSR count). The van der Waals surface area contributed by atoms with Crippen molar-refractivity contribution in [1.29, 1.82) is 0 Å². The topological polar surface area (TPSA) is 26.0 Å². The average molecular weight is 331 g/mol. The third kappa shape index (κ3) is 3.32. The van der Waals surface area contributed by atoms with Gasteiger partial charge in [0.1, 0.15) is 0 Å². The van der Waals surface area contributed by atoms with Crippen molar-refractivity contribution in [1.82, 2.24) is 0 Å². The molecule has 0 aliphatic carbocycles. The standard InChI is InChI=1S/C13H13BrClNS/c1-8-2-3-9(11(15)4-8)5-12(16)10-6-13(14)17-7-10/h2-4,6-7,12H,5,16H2,1H3. The zero-order chi connectivity index (χ0) is 12.4. The lowest BCUT2D eigenvalue weighted by molar-refractivity contribution is 0.725. The minimum Gasteiger partial charge on any atom is -0.324 e. The van der Waals surface area contributed by atoms with Gasteiger partial charge in [-0.2, -0.15) is 0 Å². The Bertz CT molecular complexity index is 524. The van der Waals surface area contributed by atoms with Gasteiger partial charge >= 0.3 is 0 Å². The molecule has 4 heteroatoms. The molecular formula is C13H13BrClNS. The summed E-state index contributed by atoms with van der Waals surface area (Å²) < 4.78 is 1.11. The van der Waals surface area contributed by atoms with Crippen LogP contribution >= 0.6 is 38.9 Å². The Kier molecular flexibility index (Phi) is 4.26.